The molecule has 0 spiro atoms. The van der Waals surface area contributed by atoms with Crippen LogP contribution in [0.3, 0.4) is 0 Å². The molecule has 0 aromatic heterocycles. The lowest BCUT2D eigenvalue weighted by Crippen LogP contribution is -2.53. The van der Waals surface area contributed by atoms with Crippen LogP contribution < -0.4 is 10.6 Å². The van der Waals surface area contributed by atoms with Crippen LogP contribution in [-0.4, -0.2) is 24.8 Å². The quantitative estimate of drug-likeness (QED) is 0.881. The van der Waals surface area contributed by atoms with Crippen molar-refractivity contribution in [2.24, 2.45) is 0 Å². The monoisotopic (exact) mass is 312 g/mol. The van der Waals surface area contributed by atoms with Gasteiger partial charge in [-0.25, -0.2) is 4.79 Å². The molecule has 2 N–H and O–H groups in total. The molecule has 0 unspecified atom stereocenters. The SMILES string of the molecule is CC(C)(C)OC(=O)NC1(c2ccccc2)CCNCC1.Cl. The molecule has 1 aromatic carbocycles. The Kier molecular flexibility index (Phi) is 6.05. The first-order chi connectivity index (χ1) is 9.41. The highest BCUT2D eigenvalue weighted by Crippen LogP contribution is 2.31. The van der Waals surface area contributed by atoms with Gasteiger partial charge in [-0.15, -0.1) is 12.4 Å². The molecule has 1 aliphatic rings. The molecule has 118 valence electrons. The van der Waals surface area contributed by atoms with Crippen LogP contribution in [0.5, 0.6) is 0 Å². The van der Waals surface area contributed by atoms with E-state index in [1.807, 2.05) is 39.0 Å². The zero-order valence-electron chi connectivity index (χ0n) is 12.9. The summed E-state index contributed by atoms with van der Waals surface area (Å²) in [5, 5.41) is 6.44. The number of alkyl carbamates (subject to hydrolysis) is 1. The average molecular weight is 313 g/mol. The summed E-state index contributed by atoms with van der Waals surface area (Å²) in [6.07, 6.45) is 1.40. The van der Waals surface area contributed by atoms with Gasteiger partial charge in [-0.05, 0) is 52.3 Å². The lowest BCUT2D eigenvalue weighted by molar-refractivity contribution is 0.0426. The molecule has 5 heteroatoms. The predicted molar refractivity (Wildman–Crippen MR) is 86.8 cm³/mol. The van der Waals surface area contributed by atoms with Gasteiger partial charge in [0.05, 0.1) is 5.54 Å². The van der Waals surface area contributed by atoms with Crippen LogP contribution in [0.25, 0.3) is 0 Å². The number of carbonyl (C=O) groups excluding carboxylic acids is 1. The molecular weight excluding hydrogens is 288 g/mol. The summed E-state index contributed by atoms with van der Waals surface area (Å²) in [4.78, 5) is 12.2. The number of hydrogen-bond acceptors (Lipinski definition) is 3. The Balaban J connectivity index is 0.00000220. The Hall–Kier alpha value is -1.26. The van der Waals surface area contributed by atoms with Crippen molar-refractivity contribution in [2.75, 3.05) is 13.1 Å². The van der Waals surface area contributed by atoms with Crippen molar-refractivity contribution in [1.29, 1.82) is 0 Å². The van der Waals surface area contributed by atoms with E-state index in [1.54, 1.807) is 0 Å². The minimum absolute atomic E-state index is 0. The van der Waals surface area contributed by atoms with E-state index in [0.29, 0.717) is 0 Å². The lowest BCUT2D eigenvalue weighted by Gasteiger charge is -2.39. The highest BCUT2D eigenvalue weighted by atomic mass is 35.5. The second-order valence-electron chi connectivity index (χ2n) is 6.33. The van der Waals surface area contributed by atoms with Crippen LogP contribution in [0.1, 0.15) is 39.2 Å². The second-order valence-corrected chi connectivity index (χ2v) is 6.33. The van der Waals surface area contributed by atoms with E-state index in [-0.39, 0.29) is 24.0 Å². The molecule has 0 aliphatic carbocycles. The van der Waals surface area contributed by atoms with Crippen LogP contribution in [0.15, 0.2) is 30.3 Å². The zero-order chi connectivity index (χ0) is 14.6. The summed E-state index contributed by atoms with van der Waals surface area (Å²) in [5.41, 5.74) is 0.344. The molecule has 0 radical (unpaired) electrons. The first-order valence-electron chi connectivity index (χ1n) is 7.19. The van der Waals surface area contributed by atoms with E-state index >= 15 is 0 Å². The van der Waals surface area contributed by atoms with E-state index in [0.717, 1.165) is 31.5 Å². The number of amides is 1. The molecule has 1 saturated heterocycles. The molecule has 4 nitrogen and oxygen atoms in total. The molecule has 2 rings (SSSR count). The number of hydrogen-bond donors (Lipinski definition) is 2. The minimum atomic E-state index is -0.477. The van der Waals surface area contributed by atoms with Crippen LogP contribution in [0.4, 0.5) is 4.79 Å². The van der Waals surface area contributed by atoms with Crippen molar-refractivity contribution in [3.8, 4) is 0 Å². The number of ether oxygens (including phenoxy) is 1. The molecule has 0 atom stereocenters. The van der Waals surface area contributed by atoms with Crippen molar-refractivity contribution in [3.63, 3.8) is 0 Å². The molecular formula is C16H25ClN2O2. The van der Waals surface area contributed by atoms with Crippen molar-refractivity contribution in [1.82, 2.24) is 10.6 Å². The Morgan fingerprint density at radius 3 is 2.29 bits per heavy atom. The van der Waals surface area contributed by atoms with Gasteiger partial charge < -0.3 is 15.4 Å². The number of carbonyl (C=O) groups is 1. The third kappa shape index (κ3) is 4.90. The van der Waals surface area contributed by atoms with Gasteiger partial charge in [0.1, 0.15) is 5.60 Å². The molecule has 0 saturated carbocycles. The fraction of sp³-hybridized carbons (Fsp3) is 0.562. The van der Waals surface area contributed by atoms with Crippen molar-refractivity contribution in [2.45, 2.75) is 44.8 Å². The third-order valence-electron chi connectivity index (χ3n) is 3.52. The molecule has 21 heavy (non-hydrogen) atoms. The first-order valence-corrected chi connectivity index (χ1v) is 7.19. The zero-order valence-corrected chi connectivity index (χ0v) is 13.8. The fourth-order valence-corrected chi connectivity index (χ4v) is 2.60. The van der Waals surface area contributed by atoms with Gasteiger partial charge >= 0.3 is 6.09 Å². The van der Waals surface area contributed by atoms with Crippen LogP contribution in [0.2, 0.25) is 0 Å². The molecule has 1 fully saturated rings. The van der Waals surface area contributed by atoms with Crippen LogP contribution in [-0.2, 0) is 10.3 Å². The first kappa shape index (κ1) is 17.8. The average Bonchev–Trinajstić information content (AvgIpc) is 2.38. The third-order valence-corrected chi connectivity index (χ3v) is 3.52. The topological polar surface area (TPSA) is 50.4 Å². The summed E-state index contributed by atoms with van der Waals surface area (Å²) in [5.74, 6) is 0. The van der Waals surface area contributed by atoms with Crippen molar-refractivity contribution in [3.05, 3.63) is 35.9 Å². The highest BCUT2D eigenvalue weighted by Gasteiger charge is 2.36. The Morgan fingerprint density at radius 2 is 1.76 bits per heavy atom. The van der Waals surface area contributed by atoms with Gasteiger partial charge in [0.25, 0.3) is 0 Å². The van der Waals surface area contributed by atoms with E-state index in [1.165, 1.54) is 0 Å². The Labute approximate surface area is 133 Å². The lowest BCUT2D eigenvalue weighted by atomic mass is 9.81. The molecule has 1 heterocycles. The summed E-state index contributed by atoms with van der Waals surface area (Å²) in [7, 11) is 0. The maximum absolute atomic E-state index is 12.2. The number of benzene rings is 1. The smallest absolute Gasteiger partial charge is 0.408 e. The molecule has 1 aromatic rings. The number of piperidine rings is 1. The van der Waals surface area contributed by atoms with Crippen LogP contribution in [0, 0.1) is 0 Å². The van der Waals surface area contributed by atoms with E-state index < -0.39 is 5.60 Å². The molecule has 1 amide bonds. The molecule has 1 aliphatic heterocycles. The minimum Gasteiger partial charge on any atom is -0.444 e. The predicted octanol–water partition coefficient (Wildman–Crippen LogP) is 3.21. The van der Waals surface area contributed by atoms with Gasteiger partial charge in [0.2, 0.25) is 0 Å². The summed E-state index contributed by atoms with van der Waals surface area (Å²) < 4.78 is 5.42. The standard InChI is InChI=1S/C16H24N2O2.ClH/c1-15(2,3)20-14(19)18-16(9-11-17-12-10-16)13-7-5-4-6-8-13;/h4-8,17H,9-12H2,1-3H3,(H,18,19);1H. The van der Waals surface area contributed by atoms with E-state index in [2.05, 4.69) is 22.8 Å². The number of rotatable bonds is 2. The largest absolute Gasteiger partial charge is 0.444 e. The Bertz CT molecular complexity index is 451. The normalized spacial score (nSPS) is 17.5. The van der Waals surface area contributed by atoms with Gasteiger partial charge in [-0.2, -0.15) is 0 Å². The van der Waals surface area contributed by atoms with Gasteiger partial charge in [-0.1, -0.05) is 30.3 Å². The van der Waals surface area contributed by atoms with Crippen molar-refractivity contribution < 1.29 is 9.53 Å². The van der Waals surface area contributed by atoms with Gasteiger partial charge in [-0.3, -0.25) is 0 Å². The summed E-state index contributed by atoms with van der Waals surface area (Å²) >= 11 is 0. The number of nitrogens with one attached hydrogen (secondary N) is 2. The second kappa shape index (κ2) is 7.14. The summed E-state index contributed by atoms with van der Waals surface area (Å²) in [6, 6.07) is 10.2. The van der Waals surface area contributed by atoms with E-state index in [9.17, 15) is 4.79 Å². The summed E-state index contributed by atoms with van der Waals surface area (Å²) in [6.45, 7) is 7.42. The van der Waals surface area contributed by atoms with Gasteiger partial charge in [0, 0.05) is 0 Å². The van der Waals surface area contributed by atoms with E-state index in [4.69, 9.17) is 4.74 Å². The maximum Gasteiger partial charge on any atom is 0.408 e. The molecule has 0 bridgehead atoms. The Morgan fingerprint density at radius 1 is 1.19 bits per heavy atom. The van der Waals surface area contributed by atoms with Gasteiger partial charge in [0.15, 0.2) is 0 Å². The number of halogens is 1. The van der Waals surface area contributed by atoms with Crippen LogP contribution >= 0.6 is 12.4 Å². The van der Waals surface area contributed by atoms with Crippen molar-refractivity contribution >= 4 is 18.5 Å². The maximum atomic E-state index is 12.2. The highest BCUT2D eigenvalue weighted by molar-refractivity contribution is 5.85. The fourth-order valence-electron chi connectivity index (χ4n) is 2.60.